The van der Waals surface area contributed by atoms with Crippen molar-refractivity contribution < 1.29 is 35.9 Å². The van der Waals surface area contributed by atoms with Gasteiger partial charge in [-0.15, -0.1) is 0 Å². The smallest absolute Gasteiger partial charge is 0.302 e. The molecule has 0 aliphatic rings. The second-order valence-corrected chi connectivity index (χ2v) is 7.12. The number of phosphoric acid groups is 1. The van der Waals surface area contributed by atoms with Crippen LogP contribution >= 0.6 is 7.82 Å². The van der Waals surface area contributed by atoms with Gasteiger partial charge in [0.25, 0.3) is 0 Å². The van der Waals surface area contributed by atoms with E-state index in [1.807, 2.05) is 0 Å². The molecule has 0 bridgehead atoms. The molecule has 0 aromatic heterocycles. The summed E-state index contributed by atoms with van der Waals surface area (Å²) in [6.07, 6.45) is 13.6. The third-order valence-electron chi connectivity index (χ3n) is 3.50. The minimum atomic E-state index is -3.82. The molecule has 0 radical (unpaired) electrons. The first-order valence-corrected chi connectivity index (χ1v) is 10.2. The first-order chi connectivity index (χ1) is 10.1. The molecule has 0 heterocycles. The zero-order valence-corrected chi connectivity index (χ0v) is 16.6. The Morgan fingerprint density at radius 3 is 1.36 bits per heavy atom. The van der Waals surface area contributed by atoms with Gasteiger partial charge in [0.05, 0.1) is 13.2 Å². The summed E-state index contributed by atoms with van der Waals surface area (Å²) in [5.74, 6) is 0. The molecule has 22 heavy (non-hydrogen) atoms. The number of hydrogen-bond donors (Lipinski definition) is 1. The van der Waals surface area contributed by atoms with Crippen molar-refractivity contribution in [1.29, 1.82) is 0 Å². The summed E-state index contributed by atoms with van der Waals surface area (Å²) in [6.45, 7) is 5.01. The molecule has 0 rings (SSSR count). The predicted octanol–water partition coefficient (Wildman–Crippen LogP) is 5.84. The number of phosphoric ester groups is 1. The third-order valence-corrected chi connectivity index (χ3v) is 4.52. The maximum absolute atomic E-state index is 11.6. The molecule has 0 aromatic rings. The average molecular weight is 374 g/mol. The first-order valence-electron chi connectivity index (χ1n) is 8.74. The van der Waals surface area contributed by atoms with E-state index < -0.39 is 7.82 Å². The van der Waals surface area contributed by atoms with Gasteiger partial charge in [-0.2, -0.15) is 0 Å². The standard InChI is InChI=1S/C16H35O4P.Cr/c1-3-5-7-9-11-13-15-19-21(17,18)20-16-14-12-10-8-6-4-2;/h3-16H2,1-2H3,(H,17,18);. The van der Waals surface area contributed by atoms with E-state index in [0.29, 0.717) is 13.2 Å². The fraction of sp³-hybridized carbons (Fsp3) is 1.00. The Labute approximate surface area is 148 Å². The molecule has 0 amide bonds. The number of rotatable bonds is 16. The first kappa shape index (κ1) is 24.9. The van der Waals surface area contributed by atoms with Gasteiger partial charge in [-0.25, -0.2) is 4.57 Å². The van der Waals surface area contributed by atoms with Crippen molar-refractivity contribution in [2.75, 3.05) is 13.2 Å². The molecule has 0 atom stereocenters. The van der Waals surface area contributed by atoms with E-state index in [1.54, 1.807) is 0 Å². The predicted molar refractivity (Wildman–Crippen MR) is 88.5 cm³/mol. The molecule has 0 aliphatic carbocycles. The van der Waals surface area contributed by atoms with Crippen LogP contribution in [-0.2, 0) is 31.0 Å². The van der Waals surface area contributed by atoms with Gasteiger partial charge in [-0.05, 0) is 12.8 Å². The van der Waals surface area contributed by atoms with Gasteiger partial charge in [0, 0.05) is 17.4 Å². The van der Waals surface area contributed by atoms with Gasteiger partial charge in [0.2, 0.25) is 0 Å². The normalized spacial score (nSPS) is 11.4. The molecule has 0 aromatic carbocycles. The summed E-state index contributed by atoms with van der Waals surface area (Å²) in [7, 11) is -3.82. The second-order valence-electron chi connectivity index (χ2n) is 5.67. The van der Waals surface area contributed by atoms with Crippen LogP contribution in [0.25, 0.3) is 0 Å². The van der Waals surface area contributed by atoms with Crippen molar-refractivity contribution >= 4 is 7.82 Å². The van der Waals surface area contributed by atoms with E-state index in [0.717, 1.165) is 25.7 Å². The molecule has 4 nitrogen and oxygen atoms in total. The molecular formula is C16H35CrO4P. The monoisotopic (exact) mass is 374 g/mol. The van der Waals surface area contributed by atoms with Crippen LogP contribution in [0.15, 0.2) is 0 Å². The zero-order chi connectivity index (χ0) is 15.8. The van der Waals surface area contributed by atoms with E-state index in [2.05, 4.69) is 13.8 Å². The van der Waals surface area contributed by atoms with Crippen LogP contribution in [0.2, 0.25) is 0 Å². The molecular weight excluding hydrogens is 339 g/mol. The van der Waals surface area contributed by atoms with Crippen molar-refractivity contribution in [1.82, 2.24) is 0 Å². The van der Waals surface area contributed by atoms with Gasteiger partial charge in [0.1, 0.15) is 0 Å². The van der Waals surface area contributed by atoms with Crippen LogP contribution in [-0.4, -0.2) is 18.1 Å². The quantitative estimate of drug-likeness (QED) is 0.272. The van der Waals surface area contributed by atoms with Crippen molar-refractivity contribution in [2.24, 2.45) is 0 Å². The Balaban J connectivity index is 0. The number of hydrogen-bond acceptors (Lipinski definition) is 3. The van der Waals surface area contributed by atoms with Gasteiger partial charge in [-0.1, -0.05) is 78.1 Å². The van der Waals surface area contributed by atoms with Gasteiger partial charge < -0.3 is 4.89 Å². The molecule has 1 N–H and O–H groups in total. The van der Waals surface area contributed by atoms with Gasteiger partial charge in [0.15, 0.2) is 0 Å². The summed E-state index contributed by atoms with van der Waals surface area (Å²) in [5.41, 5.74) is 0. The van der Waals surface area contributed by atoms with Gasteiger partial charge >= 0.3 is 7.82 Å². The van der Waals surface area contributed by atoms with Crippen LogP contribution in [0, 0.1) is 0 Å². The summed E-state index contributed by atoms with van der Waals surface area (Å²) < 4.78 is 21.5. The van der Waals surface area contributed by atoms with E-state index in [4.69, 9.17) is 9.05 Å². The minimum Gasteiger partial charge on any atom is -0.302 e. The Kier molecular flexibility index (Phi) is 20.4. The Bertz CT molecular complexity index is 243. The van der Waals surface area contributed by atoms with Crippen LogP contribution < -0.4 is 0 Å². The molecule has 0 saturated heterocycles. The molecule has 0 fully saturated rings. The molecule has 0 saturated carbocycles. The van der Waals surface area contributed by atoms with Gasteiger partial charge in [-0.3, -0.25) is 9.05 Å². The topological polar surface area (TPSA) is 55.8 Å². The summed E-state index contributed by atoms with van der Waals surface area (Å²) in [5, 5.41) is 0. The van der Waals surface area contributed by atoms with Crippen molar-refractivity contribution in [2.45, 2.75) is 90.9 Å². The van der Waals surface area contributed by atoms with Crippen LogP contribution in [0.1, 0.15) is 90.9 Å². The Morgan fingerprint density at radius 2 is 1.00 bits per heavy atom. The van der Waals surface area contributed by atoms with E-state index >= 15 is 0 Å². The molecule has 134 valence electrons. The van der Waals surface area contributed by atoms with Crippen LogP contribution in [0.3, 0.4) is 0 Å². The fourth-order valence-electron chi connectivity index (χ4n) is 2.16. The maximum atomic E-state index is 11.6. The van der Waals surface area contributed by atoms with E-state index in [9.17, 15) is 9.46 Å². The van der Waals surface area contributed by atoms with E-state index in [-0.39, 0.29) is 17.4 Å². The third kappa shape index (κ3) is 18.7. The van der Waals surface area contributed by atoms with Crippen molar-refractivity contribution in [3.05, 3.63) is 0 Å². The fourth-order valence-corrected chi connectivity index (χ4v) is 2.96. The molecule has 0 unspecified atom stereocenters. The number of unbranched alkanes of at least 4 members (excludes halogenated alkanes) is 10. The summed E-state index contributed by atoms with van der Waals surface area (Å²) in [6, 6.07) is 0. The zero-order valence-electron chi connectivity index (χ0n) is 14.4. The van der Waals surface area contributed by atoms with Crippen molar-refractivity contribution in [3.8, 4) is 0 Å². The van der Waals surface area contributed by atoms with Crippen molar-refractivity contribution in [3.63, 3.8) is 0 Å². The molecule has 0 spiro atoms. The van der Waals surface area contributed by atoms with Crippen LogP contribution in [0.5, 0.6) is 0 Å². The SMILES string of the molecule is CCCCCCCCOP(=O)(O)OCCCCCCCC.[Cr]. The minimum absolute atomic E-state index is 0. The summed E-state index contributed by atoms with van der Waals surface area (Å²) >= 11 is 0. The maximum Gasteiger partial charge on any atom is 0.472 e. The molecule has 6 heteroatoms. The van der Waals surface area contributed by atoms with E-state index in [1.165, 1.54) is 51.4 Å². The summed E-state index contributed by atoms with van der Waals surface area (Å²) in [4.78, 5) is 9.51. The average Bonchev–Trinajstić information content (AvgIpc) is 2.45. The largest absolute Gasteiger partial charge is 0.472 e. The van der Waals surface area contributed by atoms with Crippen LogP contribution in [0.4, 0.5) is 0 Å². The Hall–Kier alpha value is 0.642. The second kappa shape index (κ2) is 18.0. The molecule has 0 aliphatic heterocycles. The Morgan fingerprint density at radius 1 is 0.682 bits per heavy atom.